The molecule has 90 valence electrons. The Hall–Kier alpha value is -2.83. The van der Waals surface area contributed by atoms with Crippen LogP contribution in [0.25, 0.3) is 17.2 Å². The van der Waals surface area contributed by atoms with E-state index in [1.54, 1.807) is 12.1 Å². The molecule has 0 aliphatic carbocycles. The largest absolute Gasteiger partial charge is 0.478 e. The van der Waals surface area contributed by atoms with Crippen LogP contribution in [-0.2, 0) is 0 Å². The number of anilines is 1. The quantitative estimate of drug-likeness (QED) is 0.703. The van der Waals surface area contributed by atoms with E-state index < -0.39 is 5.97 Å². The first-order valence-electron chi connectivity index (χ1n) is 5.08. The number of furan rings is 1. The number of carbonyl (C=O) groups is 1. The number of carboxylic acid groups (broad SMARTS) is 1. The number of rotatable bonds is 2. The van der Waals surface area contributed by atoms with Gasteiger partial charge >= 0.3 is 5.97 Å². The zero-order chi connectivity index (χ0) is 12.7. The number of nitrogen functional groups attached to an aromatic ring is 1. The molecule has 3 aromatic rings. The Morgan fingerprint density at radius 3 is 3.00 bits per heavy atom. The monoisotopic (exact) mass is 244 g/mol. The number of aromatic carboxylic acids is 1. The van der Waals surface area contributed by atoms with E-state index in [1.165, 1.54) is 23.0 Å². The van der Waals surface area contributed by atoms with Gasteiger partial charge in [-0.25, -0.2) is 14.3 Å². The minimum atomic E-state index is -1.07. The second kappa shape index (κ2) is 3.59. The predicted molar refractivity (Wildman–Crippen MR) is 62.1 cm³/mol. The molecule has 18 heavy (non-hydrogen) atoms. The summed E-state index contributed by atoms with van der Waals surface area (Å²) in [6, 6.07) is 4.77. The van der Waals surface area contributed by atoms with Gasteiger partial charge in [-0.3, -0.25) is 0 Å². The highest BCUT2D eigenvalue weighted by Crippen LogP contribution is 2.20. The summed E-state index contributed by atoms with van der Waals surface area (Å²) < 4.78 is 6.50. The number of nitrogens with two attached hydrogens (primary N) is 1. The molecule has 0 spiro atoms. The molecule has 7 nitrogen and oxygen atoms in total. The lowest BCUT2D eigenvalue weighted by Gasteiger charge is -1.98. The van der Waals surface area contributed by atoms with Gasteiger partial charge in [0.1, 0.15) is 0 Å². The molecule has 3 heterocycles. The fourth-order valence-electron chi connectivity index (χ4n) is 1.64. The van der Waals surface area contributed by atoms with Crippen molar-refractivity contribution >= 4 is 17.3 Å². The van der Waals surface area contributed by atoms with Crippen LogP contribution in [0.1, 0.15) is 10.4 Å². The summed E-state index contributed by atoms with van der Waals surface area (Å²) in [6.45, 7) is 0. The molecule has 0 saturated heterocycles. The molecular weight excluding hydrogens is 236 g/mol. The van der Waals surface area contributed by atoms with Crippen LogP contribution in [-0.4, -0.2) is 25.7 Å². The smallest absolute Gasteiger partial charge is 0.337 e. The summed E-state index contributed by atoms with van der Waals surface area (Å²) >= 11 is 0. The van der Waals surface area contributed by atoms with E-state index >= 15 is 0 Å². The van der Waals surface area contributed by atoms with E-state index in [4.69, 9.17) is 15.3 Å². The second-order valence-electron chi connectivity index (χ2n) is 3.67. The number of fused-ring (bicyclic) bond motifs is 1. The highest BCUT2D eigenvalue weighted by atomic mass is 16.4. The van der Waals surface area contributed by atoms with Crippen molar-refractivity contribution in [2.75, 3.05) is 5.73 Å². The summed E-state index contributed by atoms with van der Waals surface area (Å²) in [5.74, 6) is -0.220. The van der Waals surface area contributed by atoms with Gasteiger partial charge in [-0.1, -0.05) is 0 Å². The molecule has 0 unspecified atom stereocenters. The van der Waals surface area contributed by atoms with Gasteiger partial charge in [-0.05, 0) is 18.2 Å². The van der Waals surface area contributed by atoms with Crippen molar-refractivity contribution in [3.05, 3.63) is 36.2 Å². The van der Waals surface area contributed by atoms with Crippen LogP contribution in [0.15, 0.2) is 35.1 Å². The SMILES string of the molecule is Nc1cc(C(=O)O)cn2nc(-c3ccco3)nc12. The van der Waals surface area contributed by atoms with Crippen LogP contribution in [0.4, 0.5) is 5.69 Å². The van der Waals surface area contributed by atoms with Crippen molar-refractivity contribution in [2.45, 2.75) is 0 Å². The second-order valence-corrected chi connectivity index (χ2v) is 3.67. The zero-order valence-electron chi connectivity index (χ0n) is 9.07. The maximum absolute atomic E-state index is 10.9. The van der Waals surface area contributed by atoms with E-state index in [1.807, 2.05) is 0 Å². The van der Waals surface area contributed by atoms with Gasteiger partial charge in [-0.15, -0.1) is 5.10 Å². The van der Waals surface area contributed by atoms with Crippen molar-refractivity contribution in [3.63, 3.8) is 0 Å². The van der Waals surface area contributed by atoms with Crippen LogP contribution >= 0.6 is 0 Å². The van der Waals surface area contributed by atoms with E-state index in [0.717, 1.165) is 0 Å². The summed E-state index contributed by atoms with van der Waals surface area (Å²) in [4.78, 5) is 15.1. The molecule has 0 aliphatic rings. The Morgan fingerprint density at radius 1 is 1.50 bits per heavy atom. The topological polar surface area (TPSA) is 107 Å². The van der Waals surface area contributed by atoms with E-state index in [-0.39, 0.29) is 11.3 Å². The lowest BCUT2D eigenvalue weighted by molar-refractivity contribution is 0.0696. The van der Waals surface area contributed by atoms with E-state index in [9.17, 15) is 4.79 Å². The van der Waals surface area contributed by atoms with Gasteiger partial charge in [0.15, 0.2) is 11.4 Å². The van der Waals surface area contributed by atoms with Crippen LogP contribution < -0.4 is 5.73 Å². The molecule has 0 bridgehead atoms. The lowest BCUT2D eigenvalue weighted by Crippen LogP contribution is -2.02. The highest BCUT2D eigenvalue weighted by Gasteiger charge is 2.13. The number of hydrogen-bond acceptors (Lipinski definition) is 5. The number of nitrogens with zero attached hydrogens (tertiary/aromatic N) is 3. The molecule has 3 aromatic heterocycles. The van der Waals surface area contributed by atoms with Crippen LogP contribution in [0.2, 0.25) is 0 Å². The molecule has 0 amide bonds. The minimum absolute atomic E-state index is 0.0518. The van der Waals surface area contributed by atoms with Gasteiger partial charge in [-0.2, -0.15) is 0 Å². The number of pyridine rings is 1. The normalized spacial score (nSPS) is 10.9. The molecule has 3 rings (SSSR count). The lowest BCUT2D eigenvalue weighted by atomic mass is 10.2. The third-order valence-electron chi connectivity index (χ3n) is 2.45. The molecular formula is C11H8N4O3. The average Bonchev–Trinajstić information content (AvgIpc) is 2.96. The molecule has 0 aliphatic heterocycles. The Bertz CT molecular complexity index is 730. The van der Waals surface area contributed by atoms with Crippen molar-refractivity contribution in [3.8, 4) is 11.6 Å². The predicted octanol–water partition coefficient (Wildman–Crippen LogP) is 1.27. The Balaban J connectivity index is 2.23. The fourth-order valence-corrected chi connectivity index (χ4v) is 1.64. The first kappa shape index (κ1) is 10.3. The number of carboxylic acids is 1. The van der Waals surface area contributed by atoms with E-state index in [0.29, 0.717) is 17.2 Å². The molecule has 0 atom stereocenters. The van der Waals surface area contributed by atoms with Crippen LogP contribution in [0, 0.1) is 0 Å². The Morgan fingerprint density at radius 2 is 2.33 bits per heavy atom. The molecule has 0 radical (unpaired) electrons. The van der Waals surface area contributed by atoms with Crippen LogP contribution in [0.5, 0.6) is 0 Å². The molecule has 3 N–H and O–H groups in total. The summed E-state index contributed by atoms with van der Waals surface area (Å²) in [7, 11) is 0. The van der Waals surface area contributed by atoms with Gasteiger partial charge in [0.25, 0.3) is 0 Å². The maximum atomic E-state index is 10.9. The summed E-state index contributed by atoms with van der Waals surface area (Å²) in [6.07, 6.45) is 2.86. The number of hydrogen-bond donors (Lipinski definition) is 2. The van der Waals surface area contributed by atoms with Crippen molar-refractivity contribution in [1.29, 1.82) is 0 Å². The maximum Gasteiger partial charge on any atom is 0.337 e. The third kappa shape index (κ3) is 1.49. The third-order valence-corrected chi connectivity index (χ3v) is 2.45. The van der Waals surface area contributed by atoms with Crippen LogP contribution in [0.3, 0.4) is 0 Å². The zero-order valence-corrected chi connectivity index (χ0v) is 9.07. The van der Waals surface area contributed by atoms with E-state index in [2.05, 4.69) is 10.1 Å². The first-order chi connectivity index (χ1) is 8.65. The van der Waals surface area contributed by atoms with Crippen molar-refractivity contribution in [2.24, 2.45) is 0 Å². The summed E-state index contributed by atoms with van der Waals surface area (Å²) in [5.41, 5.74) is 6.44. The fraction of sp³-hybridized carbons (Fsp3) is 0. The van der Waals surface area contributed by atoms with Gasteiger partial charge in [0, 0.05) is 6.20 Å². The molecule has 0 fully saturated rings. The Kier molecular flexibility index (Phi) is 2.06. The average molecular weight is 244 g/mol. The minimum Gasteiger partial charge on any atom is -0.478 e. The summed E-state index contributed by atoms with van der Waals surface area (Å²) in [5, 5.41) is 13.1. The van der Waals surface area contributed by atoms with Crippen molar-refractivity contribution in [1.82, 2.24) is 14.6 Å². The Labute approximate surface area is 100 Å². The molecule has 7 heteroatoms. The van der Waals surface area contributed by atoms with Gasteiger partial charge in [0.05, 0.1) is 17.5 Å². The van der Waals surface area contributed by atoms with Crippen molar-refractivity contribution < 1.29 is 14.3 Å². The van der Waals surface area contributed by atoms with Gasteiger partial charge in [0.2, 0.25) is 5.82 Å². The first-order valence-corrected chi connectivity index (χ1v) is 5.08. The van der Waals surface area contributed by atoms with Gasteiger partial charge < -0.3 is 15.3 Å². The highest BCUT2D eigenvalue weighted by molar-refractivity contribution is 5.89. The standard InChI is InChI=1S/C11H8N4O3/c12-7-4-6(11(16)17)5-15-10(7)13-9(14-15)8-2-1-3-18-8/h1-5H,12H2,(H,16,17). The molecule has 0 aromatic carbocycles. The molecule has 0 saturated carbocycles. The number of aromatic nitrogens is 3.